The number of piperidine rings is 1. The lowest BCUT2D eigenvalue weighted by atomic mass is 9.79. The summed E-state index contributed by atoms with van der Waals surface area (Å²) in [6.45, 7) is 10.7. The van der Waals surface area contributed by atoms with Crippen LogP contribution in [-0.2, 0) is 11.3 Å². The monoisotopic (exact) mass is 330 g/mol. The molecule has 2 heterocycles. The Morgan fingerprint density at radius 1 is 1.12 bits per heavy atom. The molecule has 0 aromatic heterocycles. The molecule has 2 saturated heterocycles. The maximum atomic E-state index is 12.4. The van der Waals surface area contributed by atoms with Crippen LogP contribution in [0.1, 0.15) is 45.6 Å². The summed E-state index contributed by atoms with van der Waals surface area (Å²) in [4.78, 5) is 16.9. The maximum absolute atomic E-state index is 12.4. The fraction of sp³-hybridized carbons (Fsp3) is 0.650. The second-order valence-corrected chi connectivity index (χ2v) is 8.45. The summed E-state index contributed by atoms with van der Waals surface area (Å²) in [5.74, 6) is 0. The molecule has 1 spiro atoms. The van der Waals surface area contributed by atoms with Gasteiger partial charge >= 0.3 is 6.09 Å². The molecule has 1 unspecified atom stereocenters. The molecule has 0 saturated carbocycles. The number of ether oxygens (including phenoxy) is 1. The van der Waals surface area contributed by atoms with Gasteiger partial charge in [0.15, 0.2) is 0 Å². The number of carbonyl (C=O) groups excluding carboxylic acids is 1. The van der Waals surface area contributed by atoms with Crippen molar-refractivity contribution in [1.29, 1.82) is 0 Å². The van der Waals surface area contributed by atoms with Gasteiger partial charge in [0.2, 0.25) is 0 Å². The molecular formula is C20H30N2O2. The Hall–Kier alpha value is -1.55. The van der Waals surface area contributed by atoms with Crippen LogP contribution in [-0.4, -0.2) is 47.7 Å². The summed E-state index contributed by atoms with van der Waals surface area (Å²) in [5.41, 5.74) is 1.20. The van der Waals surface area contributed by atoms with Crippen molar-refractivity contribution >= 4 is 6.09 Å². The van der Waals surface area contributed by atoms with Gasteiger partial charge in [0.25, 0.3) is 0 Å². The van der Waals surface area contributed by atoms with Crippen LogP contribution in [0.15, 0.2) is 30.3 Å². The highest BCUT2D eigenvalue weighted by Gasteiger charge is 2.43. The summed E-state index contributed by atoms with van der Waals surface area (Å²) in [7, 11) is 0. The van der Waals surface area contributed by atoms with Crippen LogP contribution >= 0.6 is 0 Å². The van der Waals surface area contributed by atoms with Gasteiger partial charge in [-0.05, 0) is 52.1 Å². The van der Waals surface area contributed by atoms with Gasteiger partial charge in [0, 0.05) is 31.6 Å². The third-order valence-corrected chi connectivity index (χ3v) is 5.08. The van der Waals surface area contributed by atoms with Crippen molar-refractivity contribution in [3.63, 3.8) is 0 Å². The third kappa shape index (κ3) is 4.29. The van der Waals surface area contributed by atoms with Crippen LogP contribution in [0.25, 0.3) is 0 Å². The Morgan fingerprint density at radius 3 is 2.58 bits per heavy atom. The molecule has 4 nitrogen and oxygen atoms in total. The zero-order valence-corrected chi connectivity index (χ0v) is 15.3. The van der Waals surface area contributed by atoms with E-state index in [9.17, 15) is 4.79 Å². The van der Waals surface area contributed by atoms with E-state index in [0.29, 0.717) is 0 Å². The Morgan fingerprint density at radius 2 is 1.88 bits per heavy atom. The Bertz CT molecular complexity index is 567. The molecule has 4 heteroatoms. The van der Waals surface area contributed by atoms with Crippen LogP contribution in [0.4, 0.5) is 4.79 Å². The fourth-order valence-corrected chi connectivity index (χ4v) is 4.03. The standard InChI is InChI=1S/C20H30N2O2/c1-19(2,3)24-18(23)22-12-7-10-20(16-22)11-13-21(15-20)14-17-8-5-4-6-9-17/h4-6,8-9H,7,10-16H2,1-3H3. The molecule has 0 N–H and O–H groups in total. The van der Waals surface area contributed by atoms with Gasteiger partial charge in [-0.3, -0.25) is 4.90 Å². The van der Waals surface area contributed by atoms with E-state index in [-0.39, 0.29) is 11.5 Å². The number of hydrogen-bond donors (Lipinski definition) is 0. The molecule has 24 heavy (non-hydrogen) atoms. The fourth-order valence-electron chi connectivity index (χ4n) is 4.03. The molecule has 1 amide bonds. The van der Waals surface area contributed by atoms with Gasteiger partial charge < -0.3 is 9.64 Å². The number of hydrogen-bond acceptors (Lipinski definition) is 3. The average molecular weight is 330 g/mol. The number of rotatable bonds is 2. The van der Waals surface area contributed by atoms with Gasteiger partial charge in [-0.15, -0.1) is 0 Å². The van der Waals surface area contributed by atoms with E-state index in [4.69, 9.17) is 4.74 Å². The number of likely N-dealkylation sites (tertiary alicyclic amines) is 2. The van der Waals surface area contributed by atoms with E-state index in [0.717, 1.165) is 39.1 Å². The molecule has 0 radical (unpaired) electrons. The lowest BCUT2D eigenvalue weighted by Gasteiger charge is -2.40. The molecule has 2 fully saturated rings. The predicted molar refractivity (Wildman–Crippen MR) is 95.8 cm³/mol. The van der Waals surface area contributed by atoms with E-state index in [2.05, 4.69) is 35.2 Å². The summed E-state index contributed by atoms with van der Waals surface area (Å²) >= 11 is 0. The maximum Gasteiger partial charge on any atom is 0.410 e. The normalized spacial score (nSPS) is 25.2. The van der Waals surface area contributed by atoms with Crippen molar-refractivity contribution in [3.05, 3.63) is 35.9 Å². The highest BCUT2D eigenvalue weighted by atomic mass is 16.6. The topological polar surface area (TPSA) is 32.8 Å². The van der Waals surface area contributed by atoms with Crippen LogP contribution in [0.5, 0.6) is 0 Å². The quantitative estimate of drug-likeness (QED) is 0.824. The van der Waals surface area contributed by atoms with E-state index >= 15 is 0 Å². The molecule has 0 aliphatic carbocycles. The van der Waals surface area contributed by atoms with Gasteiger partial charge in [-0.1, -0.05) is 30.3 Å². The molecule has 1 aromatic carbocycles. The highest BCUT2D eigenvalue weighted by Crippen LogP contribution is 2.39. The lowest BCUT2D eigenvalue weighted by molar-refractivity contribution is 0.00532. The van der Waals surface area contributed by atoms with Gasteiger partial charge in [-0.25, -0.2) is 4.79 Å². The first kappa shape index (κ1) is 17.3. The number of benzene rings is 1. The van der Waals surface area contributed by atoms with Gasteiger partial charge in [0.1, 0.15) is 5.60 Å². The molecular weight excluding hydrogens is 300 g/mol. The van der Waals surface area contributed by atoms with Crippen LogP contribution in [0.2, 0.25) is 0 Å². The zero-order valence-electron chi connectivity index (χ0n) is 15.3. The van der Waals surface area contributed by atoms with Crippen molar-refractivity contribution in [2.24, 2.45) is 5.41 Å². The molecule has 3 rings (SSSR count). The van der Waals surface area contributed by atoms with Crippen molar-refractivity contribution < 1.29 is 9.53 Å². The van der Waals surface area contributed by atoms with Crippen molar-refractivity contribution in [3.8, 4) is 0 Å². The summed E-state index contributed by atoms with van der Waals surface area (Å²) < 4.78 is 5.58. The second-order valence-electron chi connectivity index (χ2n) is 8.45. The number of carbonyl (C=O) groups is 1. The number of amides is 1. The summed E-state index contributed by atoms with van der Waals surface area (Å²) in [6.07, 6.45) is 3.33. The van der Waals surface area contributed by atoms with E-state index < -0.39 is 5.60 Å². The Balaban J connectivity index is 1.59. The third-order valence-electron chi connectivity index (χ3n) is 5.08. The largest absolute Gasteiger partial charge is 0.444 e. The minimum absolute atomic E-state index is 0.150. The Kier molecular flexibility index (Phi) is 4.86. The zero-order chi connectivity index (χ0) is 17.2. The van der Waals surface area contributed by atoms with Gasteiger partial charge in [-0.2, -0.15) is 0 Å². The lowest BCUT2D eigenvalue weighted by Crippen LogP contribution is -2.48. The molecule has 1 aromatic rings. The first-order chi connectivity index (χ1) is 11.4. The van der Waals surface area contributed by atoms with E-state index in [1.165, 1.54) is 18.4 Å². The van der Waals surface area contributed by atoms with Crippen molar-refractivity contribution in [2.75, 3.05) is 26.2 Å². The minimum atomic E-state index is -0.420. The summed E-state index contributed by atoms with van der Waals surface area (Å²) in [5, 5.41) is 0. The first-order valence-corrected chi connectivity index (χ1v) is 9.10. The van der Waals surface area contributed by atoms with E-state index in [1.54, 1.807) is 0 Å². The minimum Gasteiger partial charge on any atom is -0.444 e. The molecule has 2 aliphatic rings. The van der Waals surface area contributed by atoms with Gasteiger partial charge in [0.05, 0.1) is 0 Å². The SMILES string of the molecule is CC(C)(C)OC(=O)N1CCCC2(CCN(Cc3ccccc3)C2)C1. The predicted octanol–water partition coefficient (Wildman–Crippen LogP) is 3.91. The first-order valence-electron chi connectivity index (χ1n) is 9.10. The average Bonchev–Trinajstić information content (AvgIpc) is 2.89. The molecule has 0 bridgehead atoms. The summed E-state index contributed by atoms with van der Waals surface area (Å²) in [6, 6.07) is 10.7. The number of nitrogens with zero attached hydrogens (tertiary/aromatic N) is 2. The molecule has 132 valence electrons. The second kappa shape index (κ2) is 6.75. The van der Waals surface area contributed by atoms with Crippen molar-refractivity contribution in [2.45, 2.75) is 52.2 Å². The molecule has 1 atom stereocenters. The smallest absolute Gasteiger partial charge is 0.410 e. The Labute approximate surface area is 145 Å². The van der Waals surface area contributed by atoms with E-state index in [1.807, 2.05) is 25.7 Å². The van der Waals surface area contributed by atoms with Crippen molar-refractivity contribution in [1.82, 2.24) is 9.80 Å². The van der Waals surface area contributed by atoms with Crippen LogP contribution < -0.4 is 0 Å². The van der Waals surface area contributed by atoms with Crippen LogP contribution in [0, 0.1) is 5.41 Å². The highest BCUT2D eigenvalue weighted by molar-refractivity contribution is 5.68. The molecule has 2 aliphatic heterocycles. The van der Waals surface area contributed by atoms with Crippen LogP contribution in [0.3, 0.4) is 0 Å².